The minimum Gasteiger partial charge on any atom is -0.490 e. The van der Waals surface area contributed by atoms with Crippen LogP contribution >= 0.6 is 0 Å². The van der Waals surface area contributed by atoms with Crippen LogP contribution in [0.4, 0.5) is 24.7 Å². The predicted molar refractivity (Wildman–Crippen MR) is 105 cm³/mol. The van der Waals surface area contributed by atoms with Crippen LogP contribution in [0.2, 0.25) is 0 Å². The number of nitrogens with zero attached hydrogens (tertiary/aromatic N) is 3. The van der Waals surface area contributed by atoms with E-state index < -0.39 is 11.7 Å². The minimum atomic E-state index is -4.58. The fourth-order valence-corrected chi connectivity index (χ4v) is 3.19. The number of rotatable bonds is 7. The zero-order valence-corrected chi connectivity index (χ0v) is 16.9. The number of hydrogen-bond donors (Lipinski definition) is 0. The Morgan fingerprint density at radius 2 is 1.79 bits per heavy atom. The van der Waals surface area contributed by atoms with Crippen molar-refractivity contribution in [1.82, 2.24) is 9.97 Å². The van der Waals surface area contributed by atoms with E-state index in [9.17, 15) is 13.2 Å². The van der Waals surface area contributed by atoms with E-state index in [1.54, 1.807) is 24.3 Å². The molecule has 1 saturated carbocycles. The Bertz CT molecular complexity index is 804. The molecule has 0 aliphatic heterocycles. The average Bonchev–Trinajstić information content (AvgIpc) is 3.18. The number of aromatic nitrogens is 2. The van der Waals surface area contributed by atoms with E-state index in [2.05, 4.69) is 9.97 Å². The van der Waals surface area contributed by atoms with Crippen molar-refractivity contribution < 1.29 is 22.6 Å². The van der Waals surface area contributed by atoms with E-state index in [4.69, 9.17) is 9.47 Å². The van der Waals surface area contributed by atoms with Gasteiger partial charge in [-0.1, -0.05) is 13.8 Å². The Labute approximate surface area is 168 Å². The minimum absolute atomic E-state index is 0.0743. The predicted octanol–water partition coefficient (Wildman–Crippen LogP) is 5.62. The molecule has 1 heterocycles. The third kappa shape index (κ3) is 5.52. The van der Waals surface area contributed by atoms with Crippen molar-refractivity contribution in [2.45, 2.75) is 51.8 Å². The van der Waals surface area contributed by atoms with Crippen molar-refractivity contribution in [2.75, 3.05) is 18.6 Å². The fourth-order valence-electron chi connectivity index (χ4n) is 3.19. The lowest BCUT2D eigenvalue weighted by atomic mass is 10.2. The highest BCUT2D eigenvalue weighted by Crippen LogP contribution is 2.38. The van der Waals surface area contributed by atoms with Crippen LogP contribution in [0, 0.1) is 5.92 Å². The van der Waals surface area contributed by atoms with Gasteiger partial charge in [0.15, 0.2) is 5.82 Å². The summed E-state index contributed by atoms with van der Waals surface area (Å²) >= 11 is 0. The quantitative estimate of drug-likeness (QED) is 0.594. The topological polar surface area (TPSA) is 47.5 Å². The number of ether oxygens (including phenoxy) is 2. The molecular weight excluding hydrogens is 383 g/mol. The first kappa shape index (κ1) is 21.2. The summed E-state index contributed by atoms with van der Waals surface area (Å²) in [4.78, 5) is 9.14. The van der Waals surface area contributed by atoms with Crippen molar-refractivity contribution in [2.24, 2.45) is 5.92 Å². The maximum absolute atomic E-state index is 13.5. The highest BCUT2D eigenvalue weighted by molar-refractivity contribution is 5.63. The van der Waals surface area contributed by atoms with Gasteiger partial charge in [-0.25, -0.2) is 4.98 Å². The van der Waals surface area contributed by atoms with Gasteiger partial charge in [0.05, 0.1) is 12.7 Å². The molecule has 158 valence electrons. The summed E-state index contributed by atoms with van der Waals surface area (Å²) in [5.41, 5.74) is -0.356. The molecule has 0 saturated heterocycles. The Morgan fingerprint density at radius 1 is 1.14 bits per heavy atom. The lowest BCUT2D eigenvalue weighted by Gasteiger charge is -2.23. The summed E-state index contributed by atoms with van der Waals surface area (Å²) in [7, 11) is 1.54. The van der Waals surface area contributed by atoms with E-state index in [0.717, 1.165) is 19.0 Å². The van der Waals surface area contributed by atoms with E-state index in [1.165, 1.54) is 24.8 Å². The summed E-state index contributed by atoms with van der Waals surface area (Å²) in [6, 6.07) is 6.92. The highest BCUT2D eigenvalue weighted by Gasteiger charge is 2.36. The Morgan fingerprint density at radius 3 is 2.38 bits per heavy atom. The standard InChI is InChI=1S/C21H26F3N3O2/c1-14(2)13-28-20-25-12-18(21(22,23)24)19(26-20)27(3)15-8-10-17(11-9-15)29-16-6-4-5-7-16/h8-12,14,16H,4-7,13H2,1-3H3. The molecule has 0 spiro atoms. The van der Waals surface area contributed by atoms with Gasteiger partial charge in [-0.2, -0.15) is 18.2 Å². The number of alkyl halides is 3. The van der Waals surface area contributed by atoms with Crippen molar-refractivity contribution in [3.63, 3.8) is 0 Å². The Hall–Kier alpha value is -2.51. The van der Waals surface area contributed by atoms with E-state index in [0.29, 0.717) is 18.0 Å². The highest BCUT2D eigenvalue weighted by atomic mass is 19.4. The summed E-state index contributed by atoms with van der Waals surface area (Å²) in [5, 5.41) is 0. The first-order chi connectivity index (χ1) is 13.7. The second-order valence-corrected chi connectivity index (χ2v) is 7.67. The van der Waals surface area contributed by atoms with Crippen molar-refractivity contribution in [3.05, 3.63) is 36.0 Å². The average molecular weight is 409 g/mol. The van der Waals surface area contributed by atoms with Crippen LogP contribution in [0.5, 0.6) is 11.8 Å². The largest absolute Gasteiger partial charge is 0.490 e. The zero-order chi connectivity index (χ0) is 21.0. The molecule has 1 aromatic carbocycles. The molecular formula is C21H26F3N3O2. The summed E-state index contributed by atoms with van der Waals surface area (Å²) in [5.74, 6) is 0.666. The van der Waals surface area contributed by atoms with E-state index in [1.807, 2.05) is 13.8 Å². The van der Waals surface area contributed by atoms with E-state index >= 15 is 0 Å². The molecule has 1 fully saturated rings. The lowest BCUT2D eigenvalue weighted by Crippen LogP contribution is -2.20. The van der Waals surface area contributed by atoms with Gasteiger partial charge in [-0.3, -0.25) is 0 Å². The van der Waals surface area contributed by atoms with Crippen molar-refractivity contribution in [1.29, 1.82) is 0 Å². The second kappa shape index (κ2) is 8.88. The van der Waals surface area contributed by atoms with Crippen LogP contribution in [-0.4, -0.2) is 29.7 Å². The van der Waals surface area contributed by atoms with Crippen LogP contribution < -0.4 is 14.4 Å². The van der Waals surface area contributed by atoms with Gasteiger partial charge in [0.2, 0.25) is 0 Å². The second-order valence-electron chi connectivity index (χ2n) is 7.67. The fraction of sp³-hybridized carbons (Fsp3) is 0.524. The SMILES string of the molecule is CC(C)COc1ncc(C(F)(F)F)c(N(C)c2ccc(OC3CCCC3)cc2)n1. The number of anilines is 2. The molecule has 2 aromatic rings. The van der Waals surface area contributed by atoms with Crippen molar-refractivity contribution in [3.8, 4) is 11.8 Å². The molecule has 29 heavy (non-hydrogen) atoms. The van der Waals surface area contributed by atoms with Gasteiger partial charge in [-0.05, 0) is 55.9 Å². The maximum atomic E-state index is 13.5. The van der Waals surface area contributed by atoms with Gasteiger partial charge in [0, 0.05) is 18.9 Å². The normalized spacial score (nSPS) is 15.0. The van der Waals surface area contributed by atoms with Gasteiger partial charge < -0.3 is 14.4 Å². The van der Waals surface area contributed by atoms with Gasteiger partial charge >= 0.3 is 12.2 Å². The molecule has 0 bridgehead atoms. The van der Waals surface area contributed by atoms with Crippen LogP contribution in [0.25, 0.3) is 0 Å². The lowest BCUT2D eigenvalue weighted by molar-refractivity contribution is -0.137. The first-order valence-electron chi connectivity index (χ1n) is 9.81. The molecule has 1 aromatic heterocycles. The van der Waals surface area contributed by atoms with Crippen molar-refractivity contribution >= 4 is 11.5 Å². The Balaban J connectivity index is 1.83. The van der Waals surface area contributed by atoms with Gasteiger partial charge in [0.1, 0.15) is 11.3 Å². The van der Waals surface area contributed by atoms with Gasteiger partial charge in [0.25, 0.3) is 0 Å². The molecule has 0 radical (unpaired) electrons. The monoisotopic (exact) mass is 409 g/mol. The first-order valence-corrected chi connectivity index (χ1v) is 9.81. The molecule has 0 N–H and O–H groups in total. The molecule has 0 atom stereocenters. The summed E-state index contributed by atoms with van der Waals surface area (Å²) in [6.07, 6.45) is 0.824. The van der Waals surface area contributed by atoms with Crippen LogP contribution in [0.15, 0.2) is 30.5 Å². The third-order valence-corrected chi connectivity index (χ3v) is 4.74. The molecule has 8 heteroatoms. The maximum Gasteiger partial charge on any atom is 0.421 e. The Kier molecular flexibility index (Phi) is 6.49. The third-order valence-electron chi connectivity index (χ3n) is 4.74. The number of hydrogen-bond acceptors (Lipinski definition) is 5. The van der Waals surface area contributed by atoms with E-state index in [-0.39, 0.29) is 23.9 Å². The van der Waals surface area contributed by atoms with Crippen LogP contribution in [0.1, 0.15) is 45.1 Å². The zero-order valence-electron chi connectivity index (χ0n) is 16.9. The molecule has 1 aliphatic carbocycles. The molecule has 0 unspecified atom stereocenters. The van der Waals surface area contributed by atoms with Crippen LogP contribution in [-0.2, 0) is 6.18 Å². The molecule has 1 aliphatic rings. The number of halogens is 3. The summed E-state index contributed by atoms with van der Waals surface area (Å²) < 4.78 is 51.8. The van der Waals surface area contributed by atoms with Crippen LogP contribution in [0.3, 0.4) is 0 Å². The molecule has 0 amide bonds. The molecule has 5 nitrogen and oxygen atoms in total. The van der Waals surface area contributed by atoms with Gasteiger partial charge in [-0.15, -0.1) is 0 Å². The smallest absolute Gasteiger partial charge is 0.421 e. The summed E-state index contributed by atoms with van der Waals surface area (Å²) in [6.45, 7) is 4.19. The molecule has 3 rings (SSSR count). The number of benzene rings is 1.